The van der Waals surface area contributed by atoms with E-state index in [0.717, 1.165) is 10.9 Å². The van der Waals surface area contributed by atoms with E-state index in [1.165, 1.54) is 12.1 Å². The van der Waals surface area contributed by atoms with Crippen molar-refractivity contribution >= 4 is 90.6 Å². The lowest BCUT2D eigenvalue weighted by Crippen LogP contribution is -2.28. The van der Waals surface area contributed by atoms with Crippen LogP contribution in [0.4, 0.5) is 4.39 Å². The Kier molecular flexibility index (Phi) is 8.19. The van der Waals surface area contributed by atoms with Crippen molar-refractivity contribution in [2.24, 2.45) is 11.5 Å². The Labute approximate surface area is 181 Å². The number of nitrogens with two attached hydrogens (primary N) is 2. The van der Waals surface area contributed by atoms with Gasteiger partial charge < -0.3 is 26.5 Å². The Bertz CT molecular complexity index is 964. The van der Waals surface area contributed by atoms with Gasteiger partial charge in [0, 0.05) is 35.0 Å². The zero-order valence-electron chi connectivity index (χ0n) is 13.4. The highest BCUT2D eigenvalue weighted by atomic mass is 79.9. The fourth-order valence-electron chi connectivity index (χ4n) is 2.63. The number of fused-ring (bicyclic) bond motifs is 3. The molecule has 0 radical (unpaired) electrons. The molecule has 140 valence electrons. The van der Waals surface area contributed by atoms with Crippen LogP contribution in [0.3, 0.4) is 0 Å². The Balaban J connectivity index is 0.00000169. The van der Waals surface area contributed by atoms with Gasteiger partial charge in [-0.2, -0.15) is 0 Å². The van der Waals surface area contributed by atoms with Gasteiger partial charge in [-0.05, 0) is 36.6 Å². The van der Waals surface area contributed by atoms with Crippen LogP contribution >= 0.6 is 58.4 Å². The fourth-order valence-corrected chi connectivity index (χ4v) is 2.77. The lowest BCUT2D eigenvalue weighted by atomic mass is 10.1. The standard InChI is InChI=1S/C16H15FN4OS2.2BrH/c17-10-4-9(7-21-16(19)24)14-12(5-10)11-3-1-2-8(13(11)22-14)6-20-15(18)23;;/h1-5H,6-7H2,(H3,18,20,23)(H3,19,21,24);2*1H. The van der Waals surface area contributed by atoms with Gasteiger partial charge in [-0.1, -0.05) is 18.2 Å². The SMILES string of the molecule is Br.Br.NC(=S)NCc1cccc2c1oc1c(CNC(N)=S)cc(F)cc12. The van der Waals surface area contributed by atoms with Crippen LogP contribution in [0.2, 0.25) is 0 Å². The van der Waals surface area contributed by atoms with Gasteiger partial charge in [-0.3, -0.25) is 0 Å². The quantitative estimate of drug-likeness (QED) is 0.389. The number of furan rings is 1. The molecule has 0 spiro atoms. The summed E-state index contributed by atoms with van der Waals surface area (Å²) in [7, 11) is 0. The molecule has 0 bridgehead atoms. The van der Waals surface area contributed by atoms with E-state index in [1.807, 2.05) is 18.2 Å². The van der Waals surface area contributed by atoms with E-state index in [1.54, 1.807) is 0 Å². The zero-order chi connectivity index (χ0) is 17.3. The summed E-state index contributed by atoms with van der Waals surface area (Å²) >= 11 is 9.64. The Morgan fingerprint density at radius 3 is 2.12 bits per heavy atom. The molecule has 0 aliphatic rings. The molecule has 1 heterocycles. The van der Waals surface area contributed by atoms with Crippen molar-refractivity contribution in [1.29, 1.82) is 0 Å². The zero-order valence-corrected chi connectivity index (χ0v) is 18.4. The number of halogens is 3. The van der Waals surface area contributed by atoms with Gasteiger partial charge >= 0.3 is 0 Å². The van der Waals surface area contributed by atoms with Crippen LogP contribution in [0.15, 0.2) is 34.7 Å². The second kappa shape index (κ2) is 9.45. The molecule has 0 saturated carbocycles. The summed E-state index contributed by atoms with van der Waals surface area (Å²) in [5, 5.41) is 7.58. The number of benzene rings is 2. The molecule has 2 aromatic carbocycles. The largest absolute Gasteiger partial charge is 0.455 e. The van der Waals surface area contributed by atoms with Gasteiger partial charge in [-0.25, -0.2) is 4.39 Å². The van der Waals surface area contributed by atoms with Gasteiger partial charge in [0.05, 0.1) is 0 Å². The minimum Gasteiger partial charge on any atom is -0.455 e. The minimum absolute atomic E-state index is 0. The molecule has 0 unspecified atom stereocenters. The van der Waals surface area contributed by atoms with E-state index in [4.69, 9.17) is 40.3 Å². The minimum atomic E-state index is -0.350. The lowest BCUT2D eigenvalue weighted by Gasteiger charge is -2.05. The summed E-state index contributed by atoms with van der Waals surface area (Å²) in [5.41, 5.74) is 13.7. The summed E-state index contributed by atoms with van der Waals surface area (Å²) in [5.74, 6) is -0.350. The number of rotatable bonds is 4. The fraction of sp³-hybridized carbons (Fsp3) is 0.125. The molecule has 0 aliphatic carbocycles. The van der Waals surface area contributed by atoms with E-state index in [0.29, 0.717) is 28.7 Å². The predicted molar refractivity (Wildman–Crippen MR) is 122 cm³/mol. The van der Waals surface area contributed by atoms with Crippen molar-refractivity contribution in [3.63, 3.8) is 0 Å². The number of thiocarbonyl (C=S) groups is 2. The third-order valence-corrected chi connectivity index (χ3v) is 3.92. The second-order valence-corrected chi connectivity index (χ2v) is 6.15. The average Bonchev–Trinajstić information content (AvgIpc) is 2.89. The Morgan fingerprint density at radius 1 is 0.923 bits per heavy atom. The van der Waals surface area contributed by atoms with Gasteiger partial charge in [0.15, 0.2) is 10.2 Å². The van der Waals surface area contributed by atoms with Gasteiger partial charge in [0.1, 0.15) is 17.0 Å². The topological polar surface area (TPSA) is 89.2 Å². The first-order valence-corrected chi connectivity index (χ1v) is 7.96. The molecule has 3 rings (SSSR count). The predicted octanol–water partition coefficient (Wildman–Crippen LogP) is 3.55. The maximum atomic E-state index is 14.0. The summed E-state index contributed by atoms with van der Waals surface area (Å²) in [6, 6.07) is 8.53. The van der Waals surface area contributed by atoms with Crippen molar-refractivity contribution in [3.8, 4) is 0 Å². The first-order chi connectivity index (χ1) is 11.5. The second-order valence-electron chi connectivity index (χ2n) is 5.27. The number of hydrogen-bond donors (Lipinski definition) is 4. The van der Waals surface area contributed by atoms with Gasteiger partial charge in [0.2, 0.25) is 0 Å². The highest BCUT2D eigenvalue weighted by Gasteiger charge is 2.15. The molecule has 26 heavy (non-hydrogen) atoms. The normalized spacial score (nSPS) is 10.0. The summed E-state index contributed by atoms with van der Waals surface area (Å²) in [6.07, 6.45) is 0. The van der Waals surface area contributed by atoms with Crippen LogP contribution in [0.1, 0.15) is 11.1 Å². The highest BCUT2D eigenvalue weighted by Crippen LogP contribution is 2.33. The molecule has 0 atom stereocenters. The number of para-hydroxylation sites is 1. The Morgan fingerprint density at radius 2 is 1.50 bits per heavy atom. The number of hydrogen-bond acceptors (Lipinski definition) is 3. The van der Waals surface area contributed by atoms with E-state index < -0.39 is 0 Å². The molecular formula is C16H17Br2FN4OS2. The smallest absolute Gasteiger partial charge is 0.163 e. The third-order valence-electron chi connectivity index (χ3n) is 3.63. The number of nitrogens with one attached hydrogen (secondary N) is 2. The maximum absolute atomic E-state index is 14.0. The molecule has 0 amide bonds. The van der Waals surface area contributed by atoms with E-state index >= 15 is 0 Å². The molecule has 3 aromatic rings. The van der Waals surface area contributed by atoms with E-state index in [-0.39, 0.29) is 56.5 Å². The molecule has 1 aromatic heterocycles. The molecule has 5 nitrogen and oxygen atoms in total. The molecular weight excluding hydrogens is 507 g/mol. The lowest BCUT2D eigenvalue weighted by molar-refractivity contribution is 0.619. The van der Waals surface area contributed by atoms with Crippen LogP contribution in [0, 0.1) is 5.82 Å². The van der Waals surface area contributed by atoms with Crippen LogP contribution < -0.4 is 22.1 Å². The highest BCUT2D eigenvalue weighted by molar-refractivity contribution is 8.93. The first kappa shape index (κ1) is 22.6. The molecule has 0 aliphatic heterocycles. The average molecular weight is 524 g/mol. The van der Waals surface area contributed by atoms with Gasteiger partial charge in [0.25, 0.3) is 0 Å². The summed E-state index contributed by atoms with van der Waals surface area (Å²) < 4.78 is 20.0. The summed E-state index contributed by atoms with van der Waals surface area (Å²) in [4.78, 5) is 0. The monoisotopic (exact) mass is 522 g/mol. The van der Waals surface area contributed by atoms with Gasteiger partial charge in [-0.15, -0.1) is 34.0 Å². The summed E-state index contributed by atoms with van der Waals surface area (Å²) in [6.45, 7) is 0.708. The van der Waals surface area contributed by atoms with Crippen LogP contribution in [0.5, 0.6) is 0 Å². The first-order valence-electron chi connectivity index (χ1n) is 7.15. The molecule has 6 N–H and O–H groups in total. The van der Waals surface area contributed by atoms with E-state index in [9.17, 15) is 4.39 Å². The maximum Gasteiger partial charge on any atom is 0.163 e. The van der Waals surface area contributed by atoms with Crippen LogP contribution in [0.25, 0.3) is 21.9 Å². The van der Waals surface area contributed by atoms with Crippen LogP contribution in [-0.4, -0.2) is 10.2 Å². The van der Waals surface area contributed by atoms with Crippen LogP contribution in [-0.2, 0) is 13.1 Å². The molecule has 0 saturated heterocycles. The van der Waals surface area contributed by atoms with Crippen molar-refractivity contribution in [1.82, 2.24) is 10.6 Å². The van der Waals surface area contributed by atoms with Crippen molar-refractivity contribution in [2.75, 3.05) is 0 Å². The van der Waals surface area contributed by atoms with Crippen molar-refractivity contribution in [2.45, 2.75) is 13.1 Å². The van der Waals surface area contributed by atoms with Crippen molar-refractivity contribution < 1.29 is 8.81 Å². The third kappa shape index (κ3) is 4.81. The molecule has 10 heteroatoms. The van der Waals surface area contributed by atoms with Crippen molar-refractivity contribution in [3.05, 3.63) is 47.3 Å². The molecule has 0 fully saturated rings. The van der Waals surface area contributed by atoms with E-state index in [2.05, 4.69) is 10.6 Å². The Hall–Kier alpha value is -1.49.